The van der Waals surface area contributed by atoms with E-state index in [1.54, 1.807) is 17.1 Å². The molecular weight excluding hydrogens is 378 g/mol. The predicted octanol–water partition coefficient (Wildman–Crippen LogP) is 5.17. The van der Waals surface area contributed by atoms with Crippen molar-refractivity contribution < 1.29 is 9.13 Å². The Morgan fingerprint density at radius 1 is 1.00 bits per heavy atom. The van der Waals surface area contributed by atoms with Gasteiger partial charge in [-0.2, -0.15) is 5.10 Å². The third-order valence-electron chi connectivity index (χ3n) is 4.89. The first-order valence-corrected chi connectivity index (χ1v) is 9.83. The minimum absolute atomic E-state index is 0.224. The normalized spacial score (nSPS) is 10.9. The van der Waals surface area contributed by atoms with Gasteiger partial charge in [-0.25, -0.2) is 4.39 Å². The largest absolute Gasteiger partial charge is 0.487 e. The molecule has 0 aliphatic heterocycles. The van der Waals surface area contributed by atoms with Crippen LogP contribution < -0.4 is 4.74 Å². The number of hydrogen-bond donors (Lipinski definition) is 0. The summed E-state index contributed by atoms with van der Waals surface area (Å²) < 4.78 is 20.4. The van der Waals surface area contributed by atoms with E-state index in [0.29, 0.717) is 6.61 Å². The smallest absolute Gasteiger partial charge is 0.130 e. The van der Waals surface area contributed by atoms with Crippen LogP contribution in [0, 0.1) is 13.8 Å². The van der Waals surface area contributed by atoms with Gasteiger partial charge in [0.2, 0.25) is 0 Å². The number of alkyl halides is 1. The van der Waals surface area contributed by atoms with Crippen molar-refractivity contribution in [3.05, 3.63) is 84.1 Å². The van der Waals surface area contributed by atoms with E-state index < -0.39 is 6.67 Å². The molecule has 0 atom stereocenters. The number of aryl methyl sites for hydroxylation is 3. The van der Waals surface area contributed by atoms with E-state index in [0.717, 1.165) is 45.0 Å². The summed E-state index contributed by atoms with van der Waals surface area (Å²) in [5.74, 6) is 0.758. The summed E-state index contributed by atoms with van der Waals surface area (Å²) in [4.78, 5) is 8.53. The zero-order chi connectivity index (χ0) is 20.9. The van der Waals surface area contributed by atoms with Crippen LogP contribution in [0.4, 0.5) is 4.39 Å². The maximum atomic E-state index is 12.9. The Balaban J connectivity index is 1.56. The van der Waals surface area contributed by atoms with Gasteiger partial charge in [-0.15, -0.1) is 0 Å². The van der Waals surface area contributed by atoms with Crippen molar-refractivity contribution >= 4 is 0 Å². The Morgan fingerprint density at radius 3 is 2.47 bits per heavy atom. The molecular formula is C24H23FN4O. The Labute approximate surface area is 175 Å². The van der Waals surface area contributed by atoms with E-state index in [9.17, 15) is 4.39 Å². The van der Waals surface area contributed by atoms with Crippen LogP contribution in [0.25, 0.3) is 22.4 Å². The monoisotopic (exact) mass is 401 g/mol. The average Bonchev–Trinajstić information content (AvgIpc) is 3.18. The zero-order valence-corrected chi connectivity index (χ0v) is 17.0. The summed E-state index contributed by atoms with van der Waals surface area (Å²) in [5, 5.41) is 4.60. The highest BCUT2D eigenvalue weighted by Gasteiger charge is 2.13. The summed E-state index contributed by atoms with van der Waals surface area (Å²) in [6, 6.07) is 13.7. The SMILES string of the molecule is Cc1cnc(COc2ccc(-c3nn(CC[18F])cc3-c3ccncc3)cc2)c(C)c1. The molecule has 5 nitrogen and oxygen atoms in total. The second-order valence-corrected chi connectivity index (χ2v) is 7.17. The molecule has 0 saturated carbocycles. The molecule has 0 bridgehead atoms. The van der Waals surface area contributed by atoms with E-state index in [4.69, 9.17) is 4.74 Å². The van der Waals surface area contributed by atoms with Crippen molar-refractivity contribution in [1.29, 1.82) is 0 Å². The summed E-state index contributed by atoms with van der Waals surface area (Å²) in [7, 11) is 0. The van der Waals surface area contributed by atoms with Crippen molar-refractivity contribution in [2.24, 2.45) is 0 Å². The number of pyridine rings is 2. The summed E-state index contributed by atoms with van der Waals surface area (Å²) in [5.41, 5.74) is 6.86. The van der Waals surface area contributed by atoms with Crippen LogP contribution in [0.15, 0.2) is 67.3 Å². The van der Waals surface area contributed by atoms with Gasteiger partial charge in [-0.1, -0.05) is 6.07 Å². The second kappa shape index (κ2) is 8.86. The fourth-order valence-electron chi connectivity index (χ4n) is 3.33. The van der Waals surface area contributed by atoms with Crippen molar-refractivity contribution in [2.45, 2.75) is 27.0 Å². The molecule has 3 aromatic heterocycles. The molecule has 0 saturated heterocycles. The van der Waals surface area contributed by atoms with Crippen LogP contribution in [0.1, 0.15) is 16.8 Å². The van der Waals surface area contributed by atoms with Gasteiger partial charge in [-0.3, -0.25) is 14.6 Å². The number of hydrogen-bond acceptors (Lipinski definition) is 4. The molecule has 0 fully saturated rings. The lowest BCUT2D eigenvalue weighted by Crippen LogP contribution is -2.01. The van der Waals surface area contributed by atoms with Gasteiger partial charge >= 0.3 is 0 Å². The van der Waals surface area contributed by atoms with E-state index in [-0.39, 0.29) is 6.54 Å². The lowest BCUT2D eigenvalue weighted by Gasteiger charge is -2.09. The number of benzene rings is 1. The number of rotatable bonds is 7. The quantitative estimate of drug-likeness (QED) is 0.429. The van der Waals surface area contributed by atoms with Crippen molar-refractivity contribution in [3.8, 4) is 28.1 Å². The molecule has 4 rings (SSSR count). The number of aromatic nitrogens is 4. The number of nitrogens with zero attached hydrogens (tertiary/aromatic N) is 4. The predicted molar refractivity (Wildman–Crippen MR) is 115 cm³/mol. The van der Waals surface area contributed by atoms with E-state index >= 15 is 0 Å². The Bertz CT molecular complexity index is 1120. The standard InChI is InChI=1S/C24H23FN4O/c1-17-13-18(2)23(27-14-17)16-30-21-5-3-20(4-6-21)24-22(15-29(28-24)12-9-25)19-7-10-26-11-8-19/h3-8,10-11,13-15H,9,12,16H2,1-2H3/i25-1. The van der Waals surface area contributed by atoms with Crippen LogP contribution >= 0.6 is 0 Å². The molecule has 30 heavy (non-hydrogen) atoms. The average molecular weight is 401 g/mol. The molecule has 0 aliphatic rings. The second-order valence-electron chi connectivity index (χ2n) is 7.17. The Morgan fingerprint density at radius 2 is 1.77 bits per heavy atom. The molecule has 3 heterocycles. The third kappa shape index (κ3) is 4.38. The first-order chi connectivity index (χ1) is 14.6. The van der Waals surface area contributed by atoms with Crippen LogP contribution in [0.5, 0.6) is 5.75 Å². The van der Waals surface area contributed by atoms with Crippen molar-refractivity contribution in [3.63, 3.8) is 0 Å². The lowest BCUT2D eigenvalue weighted by molar-refractivity contribution is 0.300. The van der Waals surface area contributed by atoms with Crippen LogP contribution in [0.2, 0.25) is 0 Å². The van der Waals surface area contributed by atoms with Gasteiger partial charge in [-0.05, 0) is 66.9 Å². The molecule has 0 radical (unpaired) electrons. The molecule has 0 N–H and O–H groups in total. The van der Waals surface area contributed by atoms with Crippen LogP contribution in [0.3, 0.4) is 0 Å². The van der Waals surface area contributed by atoms with Crippen molar-refractivity contribution in [2.75, 3.05) is 6.67 Å². The van der Waals surface area contributed by atoms with Gasteiger partial charge in [0.1, 0.15) is 24.7 Å². The van der Waals surface area contributed by atoms with Crippen molar-refractivity contribution in [1.82, 2.24) is 19.7 Å². The van der Waals surface area contributed by atoms with Gasteiger partial charge in [0, 0.05) is 35.9 Å². The minimum Gasteiger partial charge on any atom is -0.487 e. The summed E-state index contributed by atoms with van der Waals surface area (Å²) in [6.45, 7) is 4.24. The molecule has 0 amide bonds. The van der Waals surface area contributed by atoms with E-state index in [1.165, 1.54) is 0 Å². The molecule has 152 valence electrons. The maximum absolute atomic E-state index is 12.9. The molecule has 4 aromatic rings. The summed E-state index contributed by atoms with van der Waals surface area (Å²) >= 11 is 0. The third-order valence-corrected chi connectivity index (χ3v) is 4.89. The van der Waals surface area contributed by atoms with Gasteiger partial charge in [0.05, 0.1) is 12.2 Å². The summed E-state index contributed by atoms with van der Waals surface area (Å²) in [6.07, 6.45) is 7.21. The first-order valence-electron chi connectivity index (χ1n) is 9.83. The molecule has 0 aliphatic carbocycles. The van der Waals surface area contributed by atoms with Gasteiger partial charge in [0.25, 0.3) is 0 Å². The highest BCUT2D eigenvalue weighted by molar-refractivity contribution is 5.80. The highest BCUT2D eigenvalue weighted by atomic mass is 18.2. The van der Waals surface area contributed by atoms with Gasteiger partial charge < -0.3 is 4.74 Å². The highest BCUT2D eigenvalue weighted by Crippen LogP contribution is 2.31. The molecule has 0 unspecified atom stereocenters. The Kier molecular flexibility index (Phi) is 5.84. The van der Waals surface area contributed by atoms with E-state index in [1.807, 2.05) is 62.6 Å². The number of ether oxygens (including phenoxy) is 1. The minimum atomic E-state index is -0.462. The van der Waals surface area contributed by atoms with Crippen LogP contribution in [-0.4, -0.2) is 26.4 Å². The van der Waals surface area contributed by atoms with Gasteiger partial charge in [0.15, 0.2) is 0 Å². The fraction of sp³-hybridized carbons (Fsp3) is 0.208. The topological polar surface area (TPSA) is 52.8 Å². The maximum Gasteiger partial charge on any atom is 0.130 e. The fourth-order valence-corrected chi connectivity index (χ4v) is 3.33. The Hall–Kier alpha value is -3.54. The zero-order valence-electron chi connectivity index (χ0n) is 17.0. The lowest BCUT2D eigenvalue weighted by atomic mass is 10.0. The molecule has 6 heteroatoms. The first kappa shape index (κ1) is 19.8. The van der Waals surface area contributed by atoms with E-state index in [2.05, 4.69) is 21.1 Å². The molecule has 0 spiro atoms. The number of halogens is 1. The van der Waals surface area contributed by atoms with Crippen LogP contribution in [-0.2, 0) is 13.2 Å². The molecule has 1 aromatic carbocycles.